The van der Waals surface area contributed by atoms with E-state index in [0.29, 0.717) is 13.1 Å². The van der Waals surface area contributed by atoms with Crippen LogP contribution in [0.25, 0.3) is 0 Å². The van der Waals surface area contributed by atoms with Crippen LogP contribution < -0.4 is 5.32 Å². The quantitative estimate of drug-likeness (QED) is 0.766. The van der Waals surface area contributed by atoms with Gasteiger partial charge in [0.15, 0.2) is 0 Å². The number of carbonyl (C=O) groups is 2. The maximum absolute atomic E-state index is 13.0. The third-order valence-corrected chi connectivity index (χ3v) is 5.09. The molecule has 1 heterocycles. The molecule has 0 unspecified atom stereocenters. The SMILES string of the molecule is C[C@@H](C(=O)NC[C@@H]1CCCO1)N(Cc1ccccc1)C(=O)Cc1ccccc1. The molecule has 1 saturated heterocycles. The molecule has 5 heteroatoms. The molecule has 0 aliphatic carbocycles. The number of ether oxygens (including phenoxy) is 1. The van der Waals surface area contributed by atoms with Crippen LogP contribution in [0, 0.1) is 0 Å². The third kappa shape index (κ3) is 5.67. The molecule has 1 aliphatic rings. The molecular weight excluding hydrogens is 352 g/mol. The second kappa shape index (κ2) is 10.0. The lowest BCUT2D eigenvalue weighted by molar-refractivity contribution is -0.140. The highest BCUT2D eigenvalue weighted by atomic mass is 16.5. The fourth-order valence-corrected chi connectivity index (χ4v) is 3.40. The molecule has 1 fully saturated rings. The lowest BCUT2D eigenvalue weighted by atomic mass is 10.1. The molecule has 1 N–H and O–H groups in total. The molecule has 0 aromatic heterocycles. The van der Waals surface area contributed by atoms with E-state index in [1.54, 1.807) is 11.8 Å². The Morgan fingerprint density at radius 2 is 1.71 bits per heavy atom. The predicted octanol–water partition coefficient (Wildman–Crippen LogP) is 2.94. The average Bonchev–Trinajstić information content (AvgIpc) is 3.25. The van der Waals surface area contributed by atoms with Gasteiger partial charge >= 0.3 is 0 Å². The first-order valence-corrected chi connectivity index (χ1v) is 9.90. The second-order valence-electron chi connectivity index (χ2n) is 7.23. The van der Waals surface area contributed by atoms with Crippen molar-refractivity contribution in [2.24, 2.45) is 0 Å². The lowest BCUT2D eigenvalue weighted by Crippen LogP contribution is -2.49. The summed E-state index contributed by atoms with van der Waals surface area (Å²) < 4.78 is 5.57. The van der Waals surface area contributed by atoms with E-state index in [1.165, 1.54) is 0 Å². The number of benzene rings is 2. The standard InChI is InChI=1S/C23H28N2O3/c1-18(23(27)24-16-21-13-8-14-28-21)25(17-20-11-6-3-7-12-20)22(26)15-19-9-4-2-5-10-19/h2-7,9-12,18,21H,8,13-17H2,1H3,(H,24,27)/t18-,21-/m0/s1. The zero-order chi connectivity index (χ0) is 19.8. The van der Waals surface area contributed by atoms with Gasteiger partial charge in [0.25, 0.3) is 0 Å². The number of hydrogen-bond donors (Lipinski definition) is 1. The van der Waals surface area contributed by atoms with Crippen LogP contribution in [0.4, 0.5) is 0 Å². The minimum atomic E-state index is -0.558. The van der Waals surface area contributed by atoms with Crippen molar-refractivity contribution in [3.63, 3.8) is 0 Å². The summed E-state index contributed by atoms with van der Waals surface area (Å²) in [5.41, 5.74) is 1.94. The summed E-state index contributed by atoms with van der Waals surface area (Å²) >= 11 is 0. The Hall–Kier alpha value is -2.66. The summed E-state index contributed by atoms with van der Waals surface area (Å²) in [6.45, 7) is 3.44. The highest BCUT2D eigenvalue weighted by Gasteiger charge is 2.27. The van der Waals surface area contributed by atoms with E-state index in [2.05, 4.69) is 5.32 Å². The Balaban J connectivity index is 1.68. The minimum Gasteiger partial charge on any atom is -0.376 e. The lowest BCUT2D eigenvalue weighted by Gasteiger charge is -2.29. The zero-order valence-electron chi connectivity index (χ0n) is 16.3. The van der Waals surface area contributed by atoms with Gasteiger partial charge in [-0.25, -0.2) is 0 Å². The molecule has 0 spiro atoms. The van der Waals surface area contributed by atoms with Crippen molar-refractivity contribution in [2.45, 2.75) is 44.9 Å². The fraction of sp³-hybridized carbons (Fsp3) is 0.391. The normalized spacial score (nSPS) is 17.1. The van der Waals surface area contributed by atoms with Gasteiger partial charge in [0.05, 0.1) is 12.5 Å². The van der Waals surface area contributed by atoms with E-state index in [-0.39, 0.29) is 24.3 Å². The van der Waals surface area contributed by atoms with Gasteiger partial charge in [0.1, 0.15) is 6.04 Å². The van der Waals surface area contributed by atoms with Gasteiger partial charge in [0, 0.05) is 19.7 Å². The van der Waals surface area contributed by atoms with Crippen molar-refractivity contribution in [1.82, 2.24) is 10.2 Å². The van der Waals surface area contributed by atoms with Gasteiger partial charge in [-0.3, -0.25) is 9.59 Å². The number of rotatable bonds is 8. The van der Waals surface area contributed by atoms with Crippen molar-refractivity contribution in [3.05, 3.63) is 71.8 Å². The van der Waals surface area contributed by atoms with Crippen molar-refractivity contribution >= 4 is 11.8 Å². The Kier molecular flexibility index (Phi) is 7.20. The van der Waals surface area contributed by atoms with Gasteiger partial charge in [-0.15, -0.1) is 0 Å². The molecule has 2 atom stereocenters. The maximum atomic E-state index is 13.0. The molecule has 2 aromatic carbocycles. The summed E-state index contributed by atoms with van der Waals surface area (Å²) in [5, 5.41) is 2.95. The van der Waals surface area contributed by atoms with Crippen LogP contribution in [-0.2, 0) is 27.3 Å². The predicted molar refractivity (Wildman–Crippen MR) is 109 cm³/mol. The van der Waals surface area contributed by atoms with E-state index in [4.69, 9.17) is 4.74 Å². The molecule has 2 aromatic rings. The smallest absolute Gasteiger partial charge is 0.242 e. The van der Waals surface area contributed by atoms with Crippen LogP contribution in [0.1, 0.15) is 30.9 Å². The van der Waals surface area contributed by atoms with Gasteiger partial charge < -0.3 is 15.0 Å². The molecule has 0 saturated carbocycles. The summed E-state index contributed by atoms with van der Waals surface area (Å²) in [6, 6.07) is 18.8. The van der Waals surface area contributed by atoms with Crippen LogP contribution in [0.5, 0.6) is 0 Å². The van der Waals surface area contributed by atoms with Crippen LogP contribution in [0.3, 0.4) is 0 Å². The molecule has 1 aliphatic heterocycles. The molecule has 0 radical (unpaired) electrons. The van der Waals surface area contributed by atoms with Crippen LogP contribution in [0.2, 0.25) is 0 Å². The largest absolute Gasteiger partial charge is 0.376 e. The molecule has 3 rings (SSSR count). The topological polar surface area (TPSA) is 58.6 Å². The Labute approximate surface area is 166 Å². The molecule has 0 bridgehead atoms. The third-order valence-electron chi connectivity index (χ3n) is 5.09. The average molecular weight is 380 g/mol. The number of carbonyl (C=O) groups excluding carboxylic acids is 2. The van der Waals surface area contributed by atoms with Crippen LogP contribution in [0.15, 0.2) is 60.7 Å². The first kappa shape index (κ1) is 20.1. The molecular formula is C23H28N2O3. The first-order valence-electron chi connectivity index (χ1n) is 9.90. The first-order chi connectivity index (χ1) is 13.6. The number of amides is 2. The van der Waals surface area contributed by atoms with E-state index in [9.17, 15) is 9.59 Å². The number of hydrogen-bond acceptors (Lipinski definition) is 3. The van der Waals surface area contributed by atoms with Crippen molar-refractivity contribution in [1.29, 1.82) is 0 Å². The van der Waals surface area contributed by atoms with Crippen molar-refractivity contribution < 1.29 is 14.3 Å². The Morgan fingerprint density at radius 1 is 1.07 bits per heavy atom. The summed E-state index contributed by atoms with van der Waals surface area (Å²) in [7, 11) is 0. The van der Waals surface area contributed by atoms with Gasteiger partial charge in [-0.1, -0.05) is 60.7 Å². The van der Waals surface area contributed by atoms with Crippen LogP contribution >= 0.6 is 0 Å². The zero-order valence-corrected chi connectivity index (χ0v) is 16.3. The summed E-state index contributed by atoms with van der Waals surface area (Å²) in [6.07, 6.45) is 2.36. The monoisotopic (exact) mass is 380 g/mol. The van der Waals surface area contributed by atoms with Gasteiger partial charge in [-0.2, -0.15) is 0 Å². The second-order valence-corrected chi connectivity index (χ2v) is 7.23. The fourth-order valence-electron chi connectivity index (χ4n) is 3.40. The minimum absolute atomic E-state index is 0.0604. The van der Waals surface area contributed by atoms with E-state index in [1.807, 2.05) is 60.7 Å². The van der Waals surface area contributed by atoms with Crippen LogP contribution in [-0.4, -0.2) is 42.0 Å². The van der Waals surface area contributed by atoms with Crippen molar-refractivity contribution in [2.75, 3.05) is 13.2 Å². The van der Waals surface area contributed by atoms with Gasteiger partial charge in [-0.05, 0) is 30.9 Å². The number of nitrogens with one attached hydrogen (secondary N) is 1. The van der Waals surface area contributed by atoms with Crippen molar-refractivity contribution in [3.8, 4) is 0 Å². The number of nitrogens with zero attached hydrogens (tertiary/aromatic N) is 1. The highest BCUT2D eigenvalue weighted by Crippen LogP contribution is 2.14. The van der Waals surface area contributed by atoms with Gasteiger partial charge in [0.2, 0.25) is 11.8 Å². The van der Waals surface area contributed by atoms with E-state index in [0.717, 1.165) is 30.6 Å². The van der Waals surface area contributed by atoms with E-state index < -0.39 is 6.04 Å². The highest BCUT2D eigenvalue weighted by molar-refractivity contribution is 5.88. The summed E-state index contributed by atoms with van der Waals surface area (Å²) in [5.74, 6) is -0.206. The Bertz CT molecular complexity index is 758. The van der Waals surface area contributed by atoms with E-state index >= 15 is 0 Å². The molecule has 148 valence electrons. The Morgan fingerprint density at radius 3 is 2.32 bits per heavy atom. The molecule has 2 amide bonds. The summed E-state index contributed by atoms with van der Waals surface area (Å²) in [4.78, 5) is 27.4. The maximum Gasteiger partial charge on any atom is 0.242 e. The molecule has 5 nitrogen and oxygen atoms in total. The molecule has 28 heavy (non-hydrogen) atoms.